The molecule has 92 valence electrons. The Morgan fingerprint density at radius 3 is 2.62 bits per heavy atom. The number of hydrogen-bond donors (Lipinski definition) is 1. The molecule has 0 aliphatic carbocycles. The summed E-state index contributed by atoms with van der Waals surface area (Å²) in [6.45, 7) is 2.84. The molecule has 1 fully saturated rings. The third kappa shape index (κ3) is 2.92. The van der Waals surface area contributed by atoms with Crippen molar-refractivity contribution in [3.63, 3.8) is 0 Å². The summed E-state index contributed by atoms with van der Waals surface area (Å²) in [6, 6.07) is -0.0514. The van der Waals surface area contributed by atoms with Crippen LogP contribution in [0.4, 0.5) is 0 Å². The molecule has 0 spiro atoms. The summed E-state index contributed by atoms with van der Waals surface area (Å²) in [5.74, 6) is 0.114. The zero-order valence-corrected chi connectivity index (χ0v) is 11.1. The fourth-order valence-corrected chi connectivity index (χ4v) is 2.49. The van der Waals surface area contributed by atoms with E-state index in [0.29, 0.717) is 4.99 Å². The Kier molecular flexibility index (Phi) is 4.68. The van der Waals surface area contributed by atoms with Crippen LogP contribution in [0.3, 0.4) is 0 Å². The maximum absolute atomic E-state index is 11.9. The van der Waals surface area contributed by atoms with Crippen LogP contribution in [0.1, 0.15) is 26.2 Å². The minimum Gasteiger partial charge on any atom is -0.392 e. The molecule has 0 aromatic heterocycles. The fraction of sp³-hybridized carbons (Fsp3) is 0.818. The van der Waals surface area contributed by atoms with Crippen molar-refractivity contribution in [3.05, 3.63) is 0 Å². The summed E-state index contributed by atoms with van der Waals surface area (Å²) in [5, 5.41) is 0. The number of amides is 1. The van der Waals surface area contributed by atoms with E-state index in [9.17, 15) is 4.79 Å². The minimum absolute atomic E-state index is 0.0858. The predicted octanol–water partition coefficient (Wildman–Crippen LogP) is 0.604. The van der Waals surface area contributed by atoms with Gasteiger partial charge in [0.05, 0.1) is 17.1 Å². The van der Waals surface area contributed by atoms with Crippen molar-refractivity contribution in [2.75, 3.05) is 20.6 Å². The van der Waals surface area contributed by atoms with Gasteiger partial charge in [-0.25, -0.2) is 0 Å². The van der Waals surface area contributed by atoms with Gasteiger partial charge in [0.1, 0.15) is 0 Å². The number of piperidine rings is 1. The lowest BCUT2D eigenvalue weighted by Crippen LogP contribution is -2.55. The molecule has 2 unspecified atom stereocenters. The van der Waals surface area contributed by atoms with Crippen LogP contribution >= 0.6 is 12.2 Å². The topological polar surface area (TPSA) is 49.6 Å². The molecule has 0 aromatic rings. The van der Waals surface area contributed by atoms with Crippen LogP contribution in [0.25, 0.3) is 0 Å². The Balaban J connectivity index is 2.75. The Bertz CT molecular complexity index is 280. The van der Waals surface area contributed by atoms with E-state index in [1.807, 2.05) is 6.92 Å². The molecule has 0 saturated carbocycles. The Morgan fingerprint density at radius 1 is 1.50 bits per heavy atom. The first-order chi connectivity index (χ1) is 7.45. The highest BCUT2D eigenvalue weighted by Crippen LogP contribution is 2.20. The van der Waals surface area contributed by atoms with Crippen LogP contribution in [0.2, 0.25) is 0 Å². The van der Waals surface area contributed by atoms with Crippen LogP contribution in [0, 0.1) is 0 Å². The number of hydrogen-bond acceptors (Lipinski definition) is 3. The van der Waals surface area contributed by atoms with Gasteiger partial charge in [0.25, 0.3) is 0 Å². The molecule has 2 N–H and O–H groups in total. The van der Waals surface area contributed by atoms with E-state index in [1.54, 1.807) is 19.0 Å². The fourth-order valence-electron chi connectivity index (χ4n) is 2.24. The first-order valence-electron chi connectivity index (χ1n) is 5.71. The van der Waals surface area contributed by atoms with Gasteiger partial charge < -0.3 is 10.6 Å². The molecule has 16 heavy (non-hydrogen) atoms. The molecule has 0 radical (unpaired) electrons. The van der Waals surface area contributed by atoms with E-state index in [-0.39, 0.29) is 18.0 Å². The lowest BCUT2D eigenvalue weighted by molar-refractivity contribution is -0.134. The smallest absolute Gasteiger partial charge is 0.239 e. The van der Waals surface area contributed by atoms with Gasteiger partial charge in [-0.1, -0.05) is 18.6 Å². The average molecular weight is 243 g/mol. The number of likely N-dealkylation sites (N-methyl/N-ethyl adjacent to an activating group) is 1. The van der Waals surface area contributed by atoms with Crippen molar-refractivity contribution >= 4 is 23.1 Å². The maximum Gasteiger partial charge on any atom is 0.239 e. The van der Waals surface area contributed by atoms with Crippen LogP contribution in [0.5, 0.6) is 0 Å². The SMILES string of the molecule is CC(C(=O)N(C)C)N1CCCCC1C(N)=S. The largest absolute Gasteiger partial charge is 0.392 e. The molecule has 1 aliphatic heterocycles. The van der Waals surface area contributed by atoms with E-state index in [2.05, 4.69) is 4.90 Å². The third-order valence-corrected chi connectivity index (χ3v) is 3.44. The van der Waals surface area contributed by atoms with Gasteiger partial charge in [-0.05, 0) is 26.3 Å². The molecule has 4 nitrogen and oxygen atoms in total. The molecular weight excluding hydrogens is 222 g/mol. The van der Waals surface area contributed by atoms with Crippen molar-refractivity contribution in [1.82, 2.24) is 9.80 Å². The van der Waals surface area contributed by atoms with Gasteiger partial charge in [0.2, 0.25) is 5.91 Å². The number of carbonyl (C=O) groups is 1. The molecule has 1 amide bonds. The van der Waals surface area contributed by atoms with Crippen molar-refractivity contribution in [3.8, 4) is 0 Å². The van der Waals surface area contributed by atoms with E-state index >= 15 is 0 Å². The lowest BCUT2D eigenvalue weighted by Gasteiger charge is -2.39. The molecular formula is C11H21N3OS. The molecule has 2 atom stereocenters. The highest BCUT2D eigenvalue weighted by molar-refractivity contribution is 7.80. The Labute approximate surface area is 103 Å². The predicted molar refractivity (Wildman–Crippen MR) is 69.3 cm³/mol. The number of likely N-dealkylation sites (tertiary alicyclic amines) is 1. The van der Waals surface area contributed by atoms with E-state index in [4.69, 9.17) is 18.0 Å². The second-order valence-electron chi connectivity index (χ2n) is 4.56. The van der Waals surface area contributed by atoms with Crippen molar-refractivity contribution < 1.29 is 4.79 Å². The molecule has 1 heterocycles. The third-order valence-electron chi connectivity index (χ3n) is 3.17. The number of carbonyl (C=O) groups excluding carboxylic acids is 1. The zero-order chi connectivity index (χ0) is 12.3. The second kappa shape index (κ2) is 5.59. The van der Waals surface area contributed by atoms with Crippen LogP contribution in [0.15, 0.2) is 0 Å². The van der Waals surface area contributed by atoms with Gasteiger partial charge in [-0.3, -0.25) is 9.69 Å². The zero-order valence-electron chi connectivity index (χ0n) is 10.3. The second-order valence-corrected chi connectivity index (χ2v) is 5.03. The first-order valence-corrected chi connectivity index (χ1v) is 6.12. The van der Waals surface area contributed by atoms with Gasteiger partial charge in [-0.2, -0.15) is 0 Å². The van der Waals surface area contributed by atoms with Crippen molar-refractivity contribution in [2.24, 2.45) is 5.73 Å². The molecule has 0 bridgehead atoms. The molecule has 1 rings (SSSR count). The monoisotopic (exact) mass is 243 g/mol. The summed E-state index contributed by atoms with van der Waals surface area (Å²) >= 11 is 5.08. The highest BCUT2D eigenvalue weighted by Gasteiger charge is 2.32. The summed E-state index contributed by atoms with van der Waals surface area (Å²) in [6.07, 6.45) is 3.23. The first kappa shape index (κ1) is 13.4. The maximum atomic E-state index is 11.9. The van der Waals surface area contributed by atoms with E-state index < -0.39 is 0 Å². The molecule has 1 saturated heterocycles. The summed E-state index contributed by atoms with van der Waals surface area (Å²) < 4.78 is 0. The Morgan fingerprint density at radius 2 is 2.12 bits per heavy atom. The highest BCUT2D eigenvalue weighted by atomic mass is 32.1. The number of thiocarbonyl (C=S) groups is 1. The van der Waals surface area contributed by atoms with E-state index in [1.165, 1.54) is 0 Å². The van der Waals surface area contributed by atoms with Crippen molar-refractivity contribution in [2.45, 2.75) is 38.3 Å². The standard InChI is InChI=1S/C11H21N3OS/c1-8(11(15)13(2)3)14-7-5-4-6-9(14)10(12)16/h8-9H,4-7H2,1-3H3,(H2,12,16). The summed E-state index contributed by atoms with van der Waals surface area (Å²) in [4.78, 5) is 16.2. The van der Waals surface area contributed by atoms with Gasteiger partial charge in [0, 0.05) is 14.1 Å². The Hall–Kier alpha value is -0.680. The molecule has 0 aromatic carbocycles. The van der Waals surface area contributed by atoms with Gasteiger partial charge in [-0.15, -0.1) is 0 Å². The molecule has 1 aliphatic rings. The van der Waals surface area contributed by atoms with Gasteiger partial charge in [0.15, 0.2) is 0 Å². The minimum atomic E-state index is -0.137. The van der Waals surface area contributed by atoms with Crippen molar-refractivity contribution in [1.29, 1.82) is 0 Å². The van der Waals surface area contributed by atoms with Crippen LogP contribution in [-0.2, 0) is 4.79 Å². The molecule has 5 heteroatoms. The summed E-state index contributed by atoms with van der Waals surface area (Å²) in [5.41, 5.74) is 5.74. The summed E-state index contributed by atoms with van der Waals surface area (Å²) in [7, 11) is 3.55. The van der Waals surface area contributed by atoms with Gasteiger partial charge >= 0.3 is 0 Å². The van der Waals surface area contributed by atoms with Crippen LogP contribution in [-0.4, -0.2) is 53.4 Å². The number of rotatable bonds is 3. The number of nitrogens with zero attached hydrogens (tertiary/aromatic N) is 2. The number of nitrogens with two attached hydrogens (primary N) is 1. The quantitative estimate of drug-likeness (QED) is 0.738. The lowest BCUT2D eigenvalue weighted by atomic mass is 9.99. The van der Waals surface area contributed by atoms with Crippen LogP contribution < -0.4 is 5.73 Å². The van der Waals surface area contributed by atoms with E-state index in [0.717, 1.165) is 25.8 Å². The normalized spacial score (nSPS) is 23.8. The average Bonchev–Trinajstić information content (AvgIpc) is 2.26.